The highest BCUT2D eigenvalue weighted by molar-refractivity contribution is 5.94. The molecule has 0 amide bonds. The summed E-state index contributed by atoms with van der Waals surface area (Å²) in [6.07, 6.45) is 3.69. The SMILES string of the molecule is c1ccc(-c2cccc(-c3ccc(-c4ccccc4-c4cc(-c5ccccc5-c5ccc(-c6ccccn6)cc5)cc(-c5ccccc5-c5ccc(-c6ccccn6)cc5)c4)cc3)n2)cc1. The van der Waals surface area contributed by atoms with E-state index in [1.54, 1.807) is 0 Å². The molecule has 0 aliphatic heterocycles. The minimum absolute atomic E-state index is 0.948. The number of nitrogens with zero attached hydrogens (tertiary/aromatic N) is 3. The Bertz CT molecular complexity index is 3270. The van der Waals surface area contributed by atoms with Crippen molar-refractivity contribution in [3.05, 3.63) is 261 Å². The average molecular weight is 842 g/mol. The van der Waals surface area contributed by atoms with E-state index in [0.29, 0.717) is 0 Å². The number of rotatable bonds is 10. The van der Waals surface area contributed by atoms with Gasteiger partial charge in [0.05, 0.1) is 22.8 Å². The molecule has 0 fully saturated rings. The Hall–Kier alpha value is -8.79. The molecule has 310 valence electrons. The Morgan fingerprint density at radius 2 is 0.455 bits per heavy atom. The summed E-state index contributed by atoms with van der Waals surface area (Å²) in [5.74, 6) is 0. The minimum atomic E-state index is 0.948. The van der Waals surface area contributed by atoms with Gasteiger partial charge in [-0.25, -0.2) is 4.98 Å². The maximum atomic E-state index is 5.05. The van der Waals surface area contributed by atoms with Crippen LogP contribution in [0.15, 0.2) is 261 Å². The Morgan fingerprint density at radius 1 is 0.182 bits per heavy atom. The lowest BCUT2D eigenvalue weighted by atomic mass is 9.86. The number of hydrogen-bond acceptors (Lipinski definition) is 3. The molecule has 0 N–H and O–H groups in total. The van der Waals surface area contributed by atoms with Crippen molar-refractivity contribution < 1.29 is 0 Å². The molecule has 0 aliphatic rings. The zero-order chi connectivity index (χ0) is 44.1. The standard InChI is InChI=1S/C63H43N3/c1-2-15-47(16-3-1)62-25-14-26-63(66-62)50-37-31-46(32-38-50)56-19-6-9-22-59(56)53-42-51(57-20-7-4-17-54(57)44-27-33-48(34-28-44)60-23-10-12-39-64-60)41-52(43-53)58-21-8-5-18-55(58)45-29-35-49(36-30-45)61-24-11-13-40-65-61/h1-43H. The molecular weight excluding hydrogens is 799 g/mol. The van der Waals surface area contributed by atoms with Crippen molar-refractivity contribution in [3.8, 4) is 112 Å². The summed E-state index contributed by atoms with van der Waals surface area (Å²) in [6.45, 7) is 0. The van der Waals surface area contributed by atoms with Crippen LogP contribution >= 0.6 is 0 Å². The van der Waals surface area contributed by atoms with Gasteiger partial charge in [0.2, 0.25) is 0 Å². The van der Waals surface area contributed by atoms with Crippen molar-refractivity contribution in [2.45, 2.75) is 0 Å². The van der Waals surface area contributed by atoms with E-state index in [4.69, 9.17) is 4.98 Å². The van der Waals surface area contributed by atoms with E-state index in [1.807, 2.05) is 42.7 Å². The van der Waals surface area contributed by atoms with Crippen molar-refractivity contribution in [1.29, 1.82) is 0 Å². The van der Waals surface area contributed by atoms with Crippen LogP contribution in [0.2, 0.25) is 0 Å². The topological polar surface area (TPSA) is 38.7 Å². The molecule has 0 bridgehead atoms. The first-order valence-corrected chi connectivity index (χ1v) is 22.3. The molecule has 3 heteroatoms. The van der Waals surface area contributed by atoms with E-state index < -0.39 is 0 Å². The number of benzene rings is 8. The molecule has 11 aromatic rings. The van der Waals surface area contributed by atoms with Gasteiger partial charge in [0.1, 0.15) is 0 Å². The third-order valence-corrected chi connectivity index (χ3v) is 12.3. The fourth-order valence-corrected chi connectivity index (χ4v) is 8.95. The predicted molar refractivity (Wildman–Crippen MR) is 274 cm³/mol. The van der Waals surface area contributed by atoms with Gasteiger partial charge >= 0.3 is 0 Å². The van der Waals surface area contributed by atoms with Crippen molar-refractivity contribution in [1.82, 2.24) is 15.0 Å². The van der Waals surface area contributed by atoms with E-state index in [9.17, 15) is 0 Å². The predicted octanol–water partition coefficient (Wildman–Crippen LogP) is 16.5. The third-order valence-electron chi connectivity index (χ3n) is 12.3. The van der Waals surface area contributed by atoms with Gasteiger partial charge in [-0.2, -0.15) is 0 Å². The van der Waals surface area contributed by atoms with Gasteiger partial charge in [-0.1, -0.05) is 194 Å². The monoisotopic (exact) mass is 841 g/mol. The van der Waals surface area contributed by atoms with Crippen LogP contribution in [0.3, 0.4) is 0 Å². The minimum Gasteiger partial charge on any atom is -0.256 e. The van der Waals surface area contributed by atoms with Gasteiger partial charge in [-0.3, -0.25) is 9.97 Å². The first-order chi connectivity index (χ1) is 32.7. The van der Waals surface area contributed by atoms with Gasteiger partial charge < -0.3 is 0 Å². The molecule has 0 unspecified atom stereocenters. The molecular formula is C63H43N3. The van der Waals surface area contributed by atoms with E-state index in [2.05, 4.69) is 228 Å². The molecule has 0 saturated heterocycles. The molecule has 0 saturated carbocycles. The maximum absolute atomic E-state index is 5.05. The fraction of sp³-hybridized carbons (Fsp3) is 0. The first kappa shape index (κ1) is 40.0. The second kappa shape index (κ2) is 18.1. The smallest absolute Gasteiger partial charge is 0.0709 e. The zero-order valence-electron chi connectivity index (χ0n) is 36.2. The second-order valence-corrected chi connectivity index (χ2v) is 16.4. The Morgan fingerprint density at radius 3 is 0.803 bits per heavy atom. The van der Waals surface area contributed by atoms with Crippen molar-refractivity contribution in [2.24, 2.45) is 0 Å². The largest absolute Gasteiger partial charge is 0.256 e. The molecule has 66 heavy (non-hydrogen) atoms. The molecule has 0 radical (unpaired) electrons. The Labute approximate surface area is 386 Å². The highest BCUT2D eigenvalue weighted by atomic mass is 14.7. The van der Waals surface area contributed by atoms with E-state index in [1.165, 1.54) is 11.1 Å². The molecule has 0 aliphatic carbocycles. The zero-order valence-corrected chi connectivity index (χ0v) is 36.2. The molecule has 11 rings (SSSR count). The Balaban J connectivity index is 1.03. The van der Waals surface area contributed by atoms with Gasteiger partial charge in [-0.05, 0) is 121 Å². The highest BCUT2D eigenvalue weighted by Crippen LogP contribution is 2.43. The molecule has 8 aromatic carbocycles. The van der Waals surface area contributed by atoms with Crippen LogP contribution < -0.4 is 0 Å². The summed E-state index contributed by atoms with van der Waals surface area (Å²) in [7, 11) is 0. The molecule has 3 aromatic heterocycles. The molecule has 0 atom stereocenters. The summed E-state index contributed by atoms with van der Waals surface area (Å²) < 4.78 is 0. The summed E-state index contributed by atoms with van der Waals surface area (Å²) >= 11 is 0. The van der Waals surface area contributed by atoms with Gasteiger partial charge in [0, 0.05) is 34.6 Å². The van der Waals surface area contributed by atoms with Gasteiger partial charge in [0.15, 0.2) is 0 Å². The third kappa shape index (κ3) is 8.25. The van der Waals surface area contributed by atoms with E-state index in [-0.39, 0.29) is 0 Å². The van der Waals surface area contributed by atoms with Crippen molar-refractivity contribution >= 4 is 0 Å². The van der Waals surface area contributed by atoms with Gasteiger partial charge in [0.25, 0.3) is 0 Å². The van der Waals surface area contributed by atoms with Crippen LogP contribution in [0.25, 0.3) is 112 Å². The molecule has 0 spiro atoms. The molecule has 3 heterocycles. The van der Waals surface area contributed by atoms with E-state index >= 15 is 0 Å². The van der Waals surface area contributed by atoms with Crippen LogP contribution in [0.1, 0.15) is 0 Å². The summed E-state index contributed by atoms with van der Waals surface area (Å²) in [5.41, 5.74) is 22.0. The highest BCUT2D eigenvalue weighted by Gasteiger charge is 2.17. The normalized spacial score (nSPS) is 11.0. The lowest BCUT2D eigenvalue weighted by Gasteiger charge is -2.18. The maximum Gasteiger partial charge on any atom is 0.0709 e. The lowest BCUT2D eigenvalue weighted by Crippen LogP contribution is -1.92. The number of pyridine rings is 3. The Kier molecular flexibility index (Phi) is 11.0. The van der Waals surface area contributed by atoms with E-state index in [0.717, 1.165) is 101 Å². The summed E-state index contributed by atoms with van der Waals surface area (Å²) in [5, 5.41) is 0. The fourth-order valence-electron chi connectivity index (χ4n) is 8.95. The lowest BCUT2D eigenvalue weighted by molar-refractivity contribution is 1.32. The van der Waals surface area contributed by atoms with Crippen molar-refractivity contribution in [2.75, 3.05) is 0 Å². The van der Waals surface area contributed by atoms with Crippen LogP contribution in [-0.4, -0.2) is 15.0 Å². The molecule has 3 nitrogen and oxygen atoms in total. The number of aromatic nitrogens is 3. The first-order valence-electron chi connectivity index (χ1n) is 22.3. The summed E-state index contributed by atoms with van der Waals surface area (Å²) in [6, 6.07) is 88.4. The van der Waals surface area contributed by atoms with Crippen LogP contribution in [0.4, 0.5) is 0 Å². The second-order valence-electron chi connectivity index (χ2n) is 16.4. The van der Waals surface area contributed by atoms with Crippen LogP contribution in [0.5, 0.6) is 0 Å². The van der Waals surface area contributed by atoms with Crippen LogP contribution in [0, 0.1) is 0 Å². The van der Waals surface area contributed by atoms with Crippen molar-refractivity contribution in [3.63, 3.8) is 0 Å². The van der Waals surface area contributed by atoms with Crippen LogP contribution in [-0.2, 0) is 0 Å². The van der Waals surface area contributed by atoms with Gasteiger partial charge in [-0.15, -0.1) is 0 Å². The quantitative estimate of drug-likeness (QED) is 0.138. The average Bonchev–Trinajstić information content (AvgIpc) is 3.42. The summed E-state index contributed by atoms with van der Waals surface area (Å²) in [4.78, 5) is 14.2. The number of hydrogen-bond donors (Lipinski definition) is 0.